The van der Waals surface area contributed by atoms with E-state index >= 15 is 0 Å². The molecular formula is C15H24N4OS. The number of hydrogen-bond acceptors (Lipinski definition) is 6. The molecule has 2 heterocycles. The van der Waals surface area contributed by atoms with Crippen LogP contribution in [0.15, 0.2) is 6.07 Å². The van der Waals surface area contributed by atoms with E-state index in [0.29, 0.717) is 0 Å². The molecule has 2 aromatic heterocycles. The van der Waals surface area contributed by atoms with Crippen molar-refractivity contribution in [1.82, 2.24) is 9.97 Å². The number of nitrogens with one attached hydrogen (secondary N) is 1. The van der Waals surface area contributed by atoms with Crippen LogP contribution in [0.3, 0.4) is 0 Å². The number of aryl methyl sites for hydroxylation is 1. The molecule has 0 aliphatic carbocycles. The number of ether oxygens (including phenoxy) is 1. The molecule has 1 N–H and O–H groups in total. The second-order valence-electron chi connectivity index (χ2n) is 5.14. The molecular weight excluding hydrogens is 284 g/mol. The highest BCUT2D eigenvalue weighted by molar-refractivity contribution is 7.18. The first-order chi connectivity index (χ1) is 10.2. The van der Waals surface area contributed by atoms with Gasteiger partial charge in [-0.15, -0.1) is 11.3 Å². The van der Waals surface area contributed by atoms with E-state index in [1.807, 2.05) is 0 Å². The summed E-state index contributed by atoms with van der Waals surface area (Å²) in [5, 5.41) is 4.43. The first kappa shape index (κ1) is 16.0. The van der Waals surface area contributed by atoms with Crippen LogP contribution < -0.4 is 10.2 Å². The lowest BCUT2D eigenvalue weighted by molar-refractivity contribution is 0.196. The van der Waals surface area contributed by atoms with Crippen LogP contribution in [0.2, 0.25) is 0 Å². The Morgan fingerprint density at radius 2 is 2.19 bits per heavy atom. The number of nitrogens with zero attached hydrogens (tertiary/aromatic N) is 3. The van der Waals surface area contributed by atoms with Gasteiger partial charge in [0.05, 0.1) is 5.39 Å². The summed E-state index contributed by atoms with van der Waals surface area (Å²) >= 11 is 1.72. The third-order valence-electron chi connectivity index (χ3n) is 3.23. The predicted octanol–water partition coefficient (Wildman–Crippen LogP) is 3.29. The Bertz CT molecular complexity index is 584. The van der Waals surface area contributed by atoms with Crippen LogP contribution in [0.5, 0.6) is 0 Å². The van der Waals surface area contributed by atoms with Crippen molar-refractivity contribution < 1.29 is 4.74 Å². The van der Waals surface area contributed by atoms with E-state index < -0.39 is 0 Å². The van der Waals surface area contributed by atoms with E-state index in [1.165, 1.54) is 4.88 Å². The molecule has 0 aliphatic heterocycles. The molecule has 5 nitrogen and oxygen atoms in total. The molecule has 0 radical (unpaired) electrons. The van der Waals surface area contributed by atoms with Crippen molar-refractivity contribution in [2.45, 2.75) is 26.7 Å². The fourth-order valence-corrected chi connectivity index (χ4v) is 3.06. The Balaban J connectivity index is 2.29. The van der Waals surface area contributed by atoms with Crippen LogP contribution in [0.1, 0.15) is 24.6 Å². The zero-order chi connectivity index (χ0) is 15.2. The van der Waals surface area contributed by atoms with Crippen molar-refractivity contribution in [3.05, 3.63) is 10.9 Å². The van der Waals surface area contributed by atoms with Gasteiger partial charge in [-0.2, -0.15) is 4.98 Å². The van der Waals surface area contributed by atoms with E-state index in [9.17, 15) is 0 Å². The SMILES string of the molecule is CCCNc1nc(N(C)CCCOC)c2cc(C)sc2n1. The minimum absolute atomic E-state index is 0.722. The highest BCUT2D eigenvalue weighted by Crippen LogP contribution is 2.31. The molecule has 0 bridgehead atoms. The molecule has 0 unspecified atom stereocenters. The third-order valence-corrected chi connectivity index (χ3v) is 4.18. The lowest BCUT2D eigenvalue weighted by Crippen LogP contribution is -2.21. The Kier molecular flexibility index (Phi) is 5.76. The highest BCUT2D eigenvalue weighted by atomic mass is 32.1. The van der Waals surface area contributed by atoms with Crippen LogP contribution in [0, 0.1) is 6.92 Å². The molecule has 2 rings (SSSR count). The van der Waals surface area contributed by atoms with E-state index in [2.05, 4.69) is 42.2 Å². The summed E-state index contributed by atoms with van der Waals surface area (Å²) in [4.78, 5) is 13.8. The minimum Gasteiger partial charge on any atom is -0.385 e. The van der Waals surface area contributed by atoms with Gasteiger partial charge in [-0.25, -0.2) is 4.98 Å². The molecule has 0 atom stereocenters. The van der Waals surface area contributed by atoms with Crippen LogP contribution >= 0.6 is 11.3 Å². The molecule has 0 aliphatic rings. The number of thiophene rings is 1. The lowest BCUT2D eigenvalue weighted by Gasteiger charge is -2.19. The van der Waals surface area contributed by atoms with E-state index in [4.69, 9.17) is 9.72 Å². The maximum absolute atomic E-state index is 5.13. The number of anilines is 2. The number of rotatable bonds is 8. The van der Waals surface area contributed by atoms with Gasteiger partial charge in [-0.3, -0.25) is 0 Å². The smallest absolute Gasteiger partial charge is 0.226 e. The molecule has 0 saturated heterocycles. The summed E-state index contributed by atoms with van der Waals surface area (Å²) in [6.07, 6.45) is 2.04. The van der Waals surface area contributed by atoms with Crippen molar-refractivity contribution in [3.63, 3.8) is 0 Å². The molecule has 0 fully saturated rings. The summed E-state index contributed by atoms with van der Waals surface area (Å²) in [6, 6.07) is 2.17. The van der Waals surface area contributed by atoms with Gasteiger partial charge >= 0.3 is 0 Å². The maximum atomic E-state index is 5.13. The van der Waals surface area contributed by atoms with E-state index in [0.717, 1.165) is 54.5 Å². The standard InChI is InChI=1S/C15H24N4OS/c1-5-7-16-15-17-13(19(3)8-6-9-20-4)12-10-11(2)21-14(12)18-15/h10H,5-9H2,1-4H3,(H,16,17,18). The van der Waals surface area contributed by atoms with Crippen molar-refractivity contribution in [2.24, 2.45) is 0 Å². The number of hydrogen-bond donors (Lipinski definition) is 1. The monoisotopic (exact) mass is 308 g/mol. The van der Waals surface area contributed by atoms with Crippen LogP contribution in [-0.4, -0.2) is 43.8 Å². The fourth-order valence-electron chi connectivity index (χ4n) is 2.19. The van der Waals surface area contributed by atoms with Gasteiger partial charge < -0.3 is 15.0 Å². The summed E-state index contributed by atoms with van der Waals surface area (Å²) in [5.74, 6) is 1.72. The van der Waals surface area contributed by atoms with Gasteiger partial charge in [0.25, 0.3) is 0 Å². The first-order valence-corrected chi connectivity index (χ1v) is 8.19. The van der Waals surface area contributed by atoms with Gasteiger partial charge in [-0.1, -0.05) is 6.92 Å². The molecule has 0 aromatic carbocycles. The average molecular weight is 308 g/mol. The topological polar surface area (TPSA) is 50.3 Å². The normalized spacial score (nSPS) is 11.0. The largest absolute Gasteiger partial charge is 0.385 e. The molecule has 0 saturated carbocycles. The van der Waals surface area contributed by atoms with E-state index in [-0.39, 0.29) is 0 Å². The molecule has 0 spiro atoms. The molecule has 6 heteroatoms. The summed E-state index contributed by atoms with van der Waals surface area (Å²) in [7, 11) is 3.81. The van der Waals surface area contributed by atoms with E-state index in [1.54, 1.807) is 18.4 Å². The maximum Gasteiger partial charge on any atom is 0.226 e. The molecule has 0 amide bonds. The Morgan fingerprint density at radius 3 is 2.90 bits per heavy atom. The van der Waals surface area contributed by atoms with Gasteiger partial charge in [0, 0.05) is 38.7 Å². The molecule has 116 valence electrons. The second kappa shape index (κ2) is 7.56. The highest BCUT2D eigenvalue weighted by Gasteiger charge is 2.13. The lowest BCUT2D eigenvalue weighted by atomic mass is 10.3. The zero-order valence-electron chi connectivity index (χ0n) is 13.3. The predicted molar refractivity (Wildman–Crippen MR) is 90.7 cm³/mol. The fraction of sp³-hybridized carbons (Fsp3) is 0.600. The van der Waals surface area contributed by atoms with Gasteiger partial charge in [0.15, 0.2) is 0 Å². The van der Waals surface area contributed by atoms with Crippen molar-refractivity contribution in [2.75, 3.05) is 44.1 Å². The van der Waals surface area contributed by atoms with Crippen LogP contribution in [0.25, 0.3) is 10.2 Å². The quantitative estimate of drug-likeness (QED) is 0.758. The van der Waals surface area contributed by atoms with Crippen LogP contribution in [0.4, 0.5) is 11.8 Å². The molecule has 2 aromatic rings. The summed E-state index contributed by atoms with van der Waals surface area (Å²) in [5.41, 5.74) is 0. The van der Waals surface area contributed by atoms with Gasteiger partial charge in [0.1, 0.15) is 10.6 Å². The Labute approximate surface area is 130 Å². The number of fused-ring (bicyclic) bond motifs is 1. The third kappa shape index (κ3) is 4.04. The Morgan fingerprint density at radius 1 is 1.38 bits per heavy atom. The van der Waals surface area contributed by atoms with Gasteiger partial charge in [-0.05, 0) is 25.8 Å². The summed E-state index contributed by atoms with van der Waals surface area (Å²) in [6.45, 7) is 6.83. The number of methoxy groups -OCH3 is 1. The number of aromatic nitrogens is 2. The van der Waals surface area contributed by atoms with Crippen molar-refractivity contribution in [1.29, 1.82) is 0 Å². The summed E-state index contributed by atoms with van der Waals surface area (Å²) < 4.78 is 5.13. The minimum atomic E-state index is 0.722. The zero-order valence-corrected chi connectivity index (χ0v) is 14.1. The van der Waals surface area contributed by atoms with Gasteiger partial charge in [0.2, 0.25) is 5.95 Å². The first-order valence-electron chi connectivity index (χ1n) is 7.37. The van der Waals surface area contributed by atoms with Crippen LogP contribution in [-0.2, 0) is 4.74 Å². The average Bonchev–Trinajstić information content (AvgIpc) is 2.84. The second-order valence-corrected chi connectivity index (χ2v) is 6.38. The Hall–Kier alpha value is -1.40. The van der Waals surface area contributed by atoms with Crippen molar-refractivity contribution in [3.8, 4) is 0 Å². The molecule has 21 heavy (non-hydrogen) atoms. The van der Waals surface area contributed by atoms with Crippen molar-refractivity contribution >= 4 is 33.3 Å².